The van der Waals surface area contributed by atoms with Crippen LogP contribution in [0.2, 0.25) is 0 Å². The van der Waals surface area contributed by atoms with E-state index in [2.05, 4.69) is 69.5 Å². The van der Waals surface area contributed by atoms with E-state index in [0.29, 0.717) is 18.0 Å². The first-order valence-corrected chi connectivity index (χ1v) is 6.89. The van der Waals surface area contributed by atoms with Crippen LogP contribution < -0.4 is 0 Å². The molecule has 98 valence electrons. The third kappa shape index (κ3) is 2.29. The topological polar surface area (TPSA) is 12.2 Å². The standard InChI is InChI=1S/C16H24NO/c1-11(2)16-17(12(3)4)13(5)15(18-16)14-9-7-6-8-10-14/h6-13,15H,1-5H3/q+1/t13-,15-/m1/s1. The molecule has 2 atom stereocenters. The van der Waals surface area contributed by atoms with Crippen LogP contribution in [0.5, 0.6) is 0 Å². The normalized spacial score (nSPS) is 23.9. The van der Waals surface area contributed by atoms with Crippen LogP contribution in [0.25, 0.3) is 0 Å². The predicted molar refractivity (Wildman–Crippen MR) is 75.0 cm³/mol. The van der Waals surface area contributed by atoms with Crippen LogP contribution in [0.4, 0.5) is 0 Å². The highest BCUT2D eigenvalue weighted by Gasteiger charge is 2.43. The molecule has 0 bridgehead atoms. The Kier molecular flexibility index (Phi) is 3.74. The van der Waals surface area contributed by atoms with Crippen LogP contribution in [0.15, 0.2) is 30.3 Å². The fraction of sp³-hybridized carbons (Fsp3) is 0.562. The number of hydrogen-bond acceptors (Lipinski definition) is 1. The summed E-state index contributed by atoms with van der Waals surface area (Å²) < 4.78 is 8.66. The lowest BCUT2D eigenvalue weighted by Gasteiger charge is -2.13. The number of rotatable bonds is 3. The number of ether oxygens (including phenoxy) is 1. The Morgan fingerprint density at radius 2 is 1.67 bits per heavy atom. The largest absolute Gasteiger partial charge is 0.433 e. The highest BCUT2D eigenvalue weighted by atomic mass is 16.5. The molecule has 0 aliphatic carbocycles. The molecule has 18 heavy (non-hydrogen) atoms. The van der Waals surface area contributed by atoms with Crippen molar-refractivity contribution in [2.45, 2.75) is 52.8 Å². The maximum absolute atomic E-state index is 6.24. The van der Waals surface area contributed by atoms with Crippen molar-refractivity contribution in [3.05, 3.63) is 35.9 Å². The predicted octanol–water partition coefficient (Wildman–Crippen LogP) is 3.62. The molecular formula is C16H24NO+. The van der Waals surface area contributed by atoms with Gasteiger partial charge < -0.3 is 4.74 Å². The van der Waals surface area contributed by atoms with Gasteiger partial charge >= 0.3 is 5.90 Å². The van der Waals surface area contributed by atoms with Crippen LogP contribution in [-0.2, 0) is 4.74 Å². The molecule has 2 nitrogen and oxygen atoms in total. The van der Waals surface area contributed by atoms with Crippen molar-refractivity contribution in [1.29, 1.82) is 0 Å². The smallest absolute Gasteiger partial charge is 0.340 e. The summed E-state index contributed by atoms with van der Waals surface area (Å²) in [6.07, 6.45) is 0.158. The van der Waals surface area contributed by atoms with Crippen molar-refractivity contribution in [2.24, 2.45) is 5.92 Å². The Bertz CT molecular complexity index is 434. The number of benzene rings is 1. The quantitative estimate of drug-likeness (QED) is 0.742. The summed E-state index contributed by atoms with van der Waals surface area (Å²) >= 11 is 0. The molecule has 0 radical (unpaired) electrons. The molecule has 1 aliphatic heterocycles. The van der Waals surface area contributed by atoms with Gasteiger partial charge in [-0.3, -0.25) is 0 Å². The Balaban J connectivity index is 2.32. The highest BCUT2D eigenvalue weighted by molar-refractivity contribution is 5.74. The summed E-state index contributed by atoms with van der Waals surface area (Å²) in [5.74, 6) is 1.56. The summed E-state index contributed by atoms with van der Waals surface area (Å²) in [6.45, 7) is 11.1. The van der Waals surface area contributed by atoms with E-state index in [-0.39, 0.29) is 6.10 Å². The molecule has 2 rings (SSSR count). The Morgan fingerprint density at radius 1 is 1.06 bits per heavy atom. The summed E-state index contributed by atoms with van der Waals surface area (Å²) in [5.41, 5.74) is 1.27. The average molecular weight is 246 g/mol. The highest BCUT2D eigenvalue weighted by Crippen LogP contribution is 2.31. The van der Waals surface area contributed by atoms with Crippen LogP contribution >= 0.6 is 0 Å². The SMILES string of the molecule is CC(C)C1=[N+](C(C)C)[C@H](C)[C@H](c2ccccc2)O1. The van der Waals surface area contributed by atoms with Gasteiger partial charge in [-0.1, -0.05) is 30.3 Å². The molecule has 0 saturated carbocycles. The molecule has 1 heterocycles. The molecule has 0 fully saturated rings. The Labute approximate surface area is 110 Å². The summed E-state index contributed by atoms with van der Waals surface area (Å²) in [4.78, 5) is 0. The molecule has 0 amide bonds. The van der Waals surface area contributed by atoms with Gasteiger partial charge in [0.15, 0.2) is 18.2 Å². The van der Waals surface area contributed by atoms with Crippen molar-refractivity contribution >= 4 is 5.90 Å². The van der Waals surface area contributed by atoms with Gasteiger partial charge in [-0.2, -0.15) is 4.58 Å². The maximum atomic E-state index is 6.24. The third-order valence-corrected chi connectivity index (χ3v) is 3.56. The molecule has 1 aromatic carbocycles. The zero-order valence-electron chi connectivity index (χ0n) is 12.1. The summed E-state index contributed by atoms with van der Waals surface area (Å²) in [6, 6.07) is 11.4. The van der Waals surface area contributed by atoms with Gasteiger partial charge in [0.1, 0.15) is 0 Å². The van der Waals surface area contributed by atoms with Crippen molar-refractivity contribution in [3.8, 4) is 0 Å². The van der Waals surface area contributed by atoms with Gasteiger partial charge in [0.25, 0.3) is 0 Å². The van der Waals surface area contributed by atoms with Gasteiger partial charge in [-0.05, 0) is 33.3 Å². The summed E-state index contributed by atoms with van der Waals surface area (Å²) in [5, 5.41) is 0. The van der Waals surface area contributed by atoms with Gasteiger partial charge in [-0.15, -0.1) is 0 Å². The molecule has 0 saturated heterocycles. The minimum Gasteiger partial charge on any atom is -0.433 e. The minimum atomic E-state index is 0.158. The molecule has 0 spiro atoms. The van der Waals surface area contributed by atoms with E-state index in [1.54, 1.807) is 0 Å². The van der Waals surface area contributed by atoms with Crippen molar-refractivity contribution in [2.75, 3.05) is 0 Å². The van der Waals surface area contributed by atoms with E-state index in [1.807, 2.05) is 0 Å². The van der Waals surface area contributed by atoms with Crippen molar-refractivity contribution < 1.29 is 9.31 Å². The van der Waals surface area contributed by atoms with E-state index >= 15 is 0 Å². The monoisotopic (exact) mass is 246 g/mol. The third-order valence-electron chi connectivity index (χ3n) is 3.56. The lowest BCUT2D eigenvalue weighted by Crippen LogP contribution is -2.32. The minimum absolute atomic E-state index is 0.158. The zero-order chi connectivity index (χ0) is 13.3. The average Bonchev–Trinajstić information content (AvgIpc) is 2.68. The van der Waals surface area contributed by atoms with Crippen molar-refractivity contribution in [3.63, 3.8) is 0 Å². The second-order valence-electron chi connectivity index (χ2n) is 5.68. The van der Waals surface area contributed by atoms with E-state index < -0.39 is 0 Å². The molecular weight excluding hydrogens is 222 g/mol. The fourth-order valence-corrected chi connectivity index (χ4v) is 2.78. The number of nitrogens with zero attached hydrogens (tertiary/aromatic N) is 1. The lowest BCUT2D eigenvalue weighted by atomic mass is 10.0. The van der Waals surface area contributed by atoms with Gasteiger partial charge in [0.2, 0.25) is 0 Å². The Morgan fingerprint density at radius 3 is 2.11 bits per heavy atom. The first-order valence-electron chi connectivity index (χ1n) is 6.89. The maximum Gasteiger partial charge on any atom is 0.340 e. The van der Waals surface area contributed by atoms with Crippen LogP contribution in [0.1, 0.15) is 46.3 Å². The van der Waals surface area contributed by atoms with Gasteiger partial charge in [-0.25, -0.2) is 0 Å². The van der Waals surface area contributed by atoms with Gasteiger partial charge in [0.05, 0.1) is 5.92 Å². The van der Waals surface area contributed by atoms with Crippen molar-refractivity contribution in [1.82, 2.24) is 0 Å². The van der Waals surface area contributed by atoms with E-state index in [0.717, 1.165) is 5.90 Å². The molecule has 0 unspecified atom stereocenters. The lowest BCUT2D eigenvalue weighted by molar-refractivity contribution is -0.587. The van der Waals surface area contributed by atoms with E-state index in [1.165, 1.54) is 5.56 Å². The second-order valence-corrected chi connectivity index (χ2v) is 5.68. The van der Waals surface area contributed by atoms with Crippen LogP contribution in [0.3, 0.4) is 0 Å². The zero-order valence-corrected chi connectivity index (χ0v) is 12.1. The first-order chi connectivity index (χ1) is 8.52. The first kappa shape index (κ1) is 13.1. The fourth-order valence-electron chi connectivity index (χ4n) is 2.78. The van der Waals surface area contributed by atoms with Crippen LogP contribution in [-0.4, -0.2) is 22.6 Å². The molecule has 0 N–H and O–H groups in total. The molecule has 2 heteroatoms. The Hall–Kier alpha value is -1.31. The van der Waals surface area contributed by atoms with Gasteiger partial charge in [0, 0.05) is 6.92 Å². The molecule has 1 aliphatic rings. The van der Waals surface area contributed by atoms with E-state index in [9.17, 15) is 0 Å². The summed E-state index contributed by atoms with van der Waals surface area (Å²) in [7, 11) is 0. The van der Waals surface area contributed by atoms with E-state index in [4.69, 9.17) is 4.74 Å². The second kappa shape index (κ2) is 5.13. The molecule has 1 aromatic rings. The number of hydrogen-bond donors (Lipinski definition) is 0. The molecule has 0 aromatic heterocycles. The van der Waals surface area contributed by atoms with Crippen LogP contribution in [0, 0.1) is 5.92 Å².